The van der Waals surface area contributed by atoms with Crippen LogP contribution in [-0.2, 0) is 20.4 Å². The second-order valence-corrected chi connectivity index (χ2v) is 9.12. The number of nitrogens with one attached hydrogen (secondary N) is 1. The van der Waals surface area contributed by atoms with Crippen LogP contribution in [0.2, 0.25) is 0 Å². The maximum absolute atomic E-state index is 12.3. The minimum absolute atomic E-state index is 0.182. The van der Waals surface area contributed by atoms with Crippen LogP contribution in [0.1, 0.15) is 24.3 Å². The molecule has 0 bridgehead atoms. The van der Waals surface area contributed by atoms with Crippen LogP contribution >= 0.6 is 15.9 Å². The van der Waals surface area contributed by atoms with Gasteiger partial charge in [0.25, 0.3) is 0 Å². The third kappa shape index (κ3) is 4.74. The molecule has 2 aromatic carbocycles. The Balaban J connectivity index is 1.63. The summed E-state index contributed by atoms with van der Waals surface area (Å²) in [5.74, 6) is -0.708. The number of para-hydroxylation sites is 1. The summed E-state index contributed by atoms with van der Waals surface area (Å²) in [7, 11) is -3.57. The van der Waals surface area contributed by atoms with Crippen LogP contribution in [-0.4, -0.2) is 20.1 Å². The minimum atomic E-state index is -3.57. The van der Waals surface area contributed by atoms with E-state index in [1.807, 2.05) is 36.4 Å². The van der Waals surface area contributed by atoms with Gasteiger partial charge in [-0.15, -0.1) is 0 Å². The average Bonchev–Trinajstić information content (AvgIpc) is 2.97. The number of hydrogen-bond acceptors (Lipinski definition) is 4. The molecule has 1 aromatic heterocycles. The van der Waals surface area contributed by atoms with Gasteiger partial charge in [0.1, 0.15) is 17.1 Å². The largest absolute Gasteiger partial charge is 0.459 e. The van der Waals surface area contributed by atoms with Crippen molar-refractivity contribution >= 4 is 42.6 Å². The minimum Gasteiger partial charge on any atom is -0.459 e. The third-order valence-corrected chi connectivity index (χ3v) is 5.84. The number of fused-ring (bicyclic) bond motifs is 1. The van der Waals surface area contributed by atoms with Crippen LogP contribution < -0.4 is 5.32 Å². The zero-order valence-corrected chi connectivity index (χ0v) is 16.5. The molecule has 1 amide bonds. The lowest BCUT2D eigenvalue weighted by Gasteiger charge is -2.11. The molecule has 5 nitrogen and oxygen atoms in total. The summed E-state index contributed by atoms with van der Waals surface area (Å²) in [5, 5.41) is 3.63. The fraction of sp³-hybridized carbons (Fsp3) is 0.211. The first kappa shape index (κ1) is 18.7. The van der Waals surface area contributed by atoms with E-state index >= 15 is 0 Å². The van der Waals surface area contributed by atoms with Crippen molar-refractivity contribution in [1.29, 1.82) is 0 Å². The molecule has 1 N–H and O–H groups in total. The van der Waals surface area contributed by atoms with Crippen molar-refractivity contribution in [3.05, 3.63) is 70.4 Å². The number of carbonyl (C=O) groups is 1. The molecule has 0 saturated heterocycles. The molecule has 3 aromatic rings. The molecule has 0 aliphatic heterocycles. The van der Waals surface area contributed by atoms with Crippen LogP contribution in [0.25, 0.3) is 11.0 Å². The Morgan fingerprint density at radius 1 is 1.15 bits per heavy atom. The van der Waals surface area contributed by atoms with Crippen LogP contribution in [0, 0.1) is 0 Å². The molecule has 3 rings (SSSR count). The fourth-order valence-electron chi connectivity index (χ4n) is 2.70. The van der Waals surface area contributed by atoms with E-state index < -0.39 is 27.5 Å². The van der Waals surface area contributed by atoms with Gasteiger partial charge < -0.3 is 9.73 Å². The first-order valence-electron chi connectivity index (χ1n) is 8.05. The second-order valence-electron chi connectivity index (χ2n) is 6.14. The summed E-state index contributed by atoms with van der Waals surface area (Å²) < 4.78 is 31.1. The number of amides is 1. The van der Waals surface area contributed by atoms with Gasteiger partial charge in [-0.2, -0.15) is 0 Å². The molecule has 0 aliphatic carbocycles. The summed E-state index contributed by atoms with van der Waals surface area (Å²) in [6.07, 6.45) is 0. The topological polar surface area (TPSA) is 76.4 Å². The van der Waals surface area contributed by atoms with Gasteiger partial charge in [0, 0.05) is 9.86 Å². The van der Waals surface area contributed by atoms with Crippen LogP contribution in [0.4, 0.5) is 0 Å². The average molecular weight is 436 g/mol. The quantitative estimate of drug-likeness (QED) is 0.634. The molecule has 1 atom stereocenters. The van der Waals surface area contributed by atoms with Gasteiger partial charge >= 0.3 is 0 Å². The number of benzene rings is 2. The van der Waals surface area contributed by atoms with Gasteiger partial charge in [0.15, 0.2) is 9.84 Å². The monoisotopic (exact) mass is 435 g/mol. The van der Waals surface area contributed by atoms with Gasteiger partial charge in [-0.05, 0) is 36.8 Å². The van der Waals surface area contributed by atoms with Crippen molar-refractivity contribution in [2.75, 3.05) is 5.75 Å². The van der Waals surface area contributed by atoms with E-state index in [-0.39, 0.29) is 5.75 Å². The van der Waals surface area contributed by atoms with E-state index in [0.29, 0.717) is 11.3 Å². The first-order valence-corrected chi connectivity index (χ1v) is 10.7. The maximum atomic E-state index is 12.3. The van der Waals surface area contributed by atoms with E-state index in [1.54, 1.807) is 25.1 Å². The lowest BCUT2D eigenvalue weighted by Crippen LogP contribution is -2.32. The zero-order valence-electron chi connectivity index (χ0n) is 14.1. The van der Waals surface area contributed by atoms with Gasteiger partial charge in [0.05, 0.1) is 11.8 Å². The molecule has 1 heterocycles. The number of hydrogen-bond donors (Lipinski definition) is 1. The van der Waals surface area contributed by atoms with E-state index in [9.17, 15) is 13.2 Å². The maximum Gasteiger partial charge on any atom is 0.235 e. The number of halogens is 1. The Morgan fingerprint density at radius 3 is 2.65 bits per heavy atom. The van der Waals surface area contributed by atoms with Crippen molar-refractivity contribution in [2.45, 2.75) is 18.7 Å². The third-order valence-electron chi connectivity index (χ3n) is 3.88. The van der Waals surface area contributed by atoms with Crippen LogP contribution in [0.3, 0.4) is 0 Å². The molecule has 0 fully saturated rings. The van der Waals surface area contributed by atoms with Crippen molar-refractivity contribution < 1.29 is 17.6 Å². The standard InChI is InChI=1S/C19H18BrNO4S/c1-13(18-10-15-6-2-3-8-17(15)25-18)21-19(22)12-26(23,24)11-14-5-4-7-16(20)9-14/h2-10,13H,11-12H2,1H3,(H,21,22). The molecule has 0 radical (unpaired) electrons. The smallest absolute Gasteiger partial charge is 0.235 e. The highest BCUT2D eigenvalue weighted by molar-refractivity contribution is 9.10. The molecular formula is C19H18BrNO4S. The van der Waals surface area contributed by atoms with Gasteiger partial charge in [0.2, 0.25) is 5.91 Å². The molecule has 0 spiro atoms. The molecule has 7 heteroatoms. The second kappa shape index (κ2) is 7.63. The highest BCUT2D eigenvalue weighted by Crippen LogP contribution is 2.23. The van der Waals surface area contributed by atoms with E-state index in [1.165, 1.54) is 0 Å². The fourth-order valence-corrected chi connectivity index (χ4v) is 4.42. The molecule has 0 saturated carbocycles. The molecule has 136 valence electrons. The van der Waals surface area contributed by atoms with Crippen molar-refractivity contribution in [3.8, 4) is 0 Å². The SMILES string of the molecule is CC(NC(=O)CS(=O)(=O)Cc1cccc(Br)c1)c1cc2ccccc2o1. The predicted octanol–water partition coefficient (Wildman–Crippen LogP) is 3.99. The van der Waals surface area contributed by atoms with E-state index in [0.717, 1.165) is 15.4 Å². The molecule has 1 unspecified atom stereocenters. The zero-order chi connectivity index (χ0) is 18.7. The van der Waals surface area contributed by atoms with Crippen molar-refractivity contribution in [2.24, 2.45) is 0 Å². The number of furan rings is 1. The van der Waals surface area contributed by atoms with Gasteiger partial charge in [-0.3, -0.25) is 4.79 Å². The number of sulfone groups is 1. The van der Waals surface area contributed by atoms with E-state index in [4.69, 9.17) is 4.42 Å². The normalized spacial score (nSPS) is 12.8. The lowest BCUT2D eigenvalue weighted by molar-refractivity contribution is -0.119. The Kier molecular flexibility index (Phi) is 5.48. The van der Waals surface area contributed by atoms with Crippen molar-refractivity contribution in [3.63, 3.8) is 0 Å². The summed E-state index contributed by atoms with van der Waals surface area (Å²) in [6, 6.07) is 16.0. The summed E-state index contributed by atoms with van der Waals surface area (Å²) in [4.78, 5) is 12.2. The highest BCUT2D eigenvalue weighted by atomic mass is 79.9. The molecular weight excluding hydrogens is 418 g/mol. The predicted molar refractivity (Wildman–Crippen MR) is 104 cm³/mol. The Labute approximate surface area is 160 Å². The van der Waals surface area contributed by atoms with Crippen LogP contribution in [0.15, 0.2) is 63.5 Å². The number of rotatable bonds is 6. The van der Waals surface area contributed by atoms with Gasteiger partial charge in [-0.25, -0.2) is 8.42 Å². The summed E-state index contributed by atoms with van der Waals surface area (Å²) in [6.45, 7) is 1.76. The lowest BCUT2D eigenvalue weighted by atomic mass is 10.2. The molecule has 26 heavy (non-hydrogen) atoms. The Bertz CT molecular complexity index is 1010. The van der Waals surface area contributed by atoms with Crippen LogP contribution in [0.5, 0.6) is 0 Å². The summed E-state index contributed by atoms with van der Waals surface area (Å²) in [5.41, 5.74) is 1.36. The Morgan fingerprint density at radius 2 is 1.92 bits per heavy atom. The first-order chi connectivity index (χ1) is 12.3. The van der Waals surface area contributed by atoms with E-state index in [2.05, 4.69) is 21.2 Å². The van der Waals surface area contributed by atoms with Crippen molar-refractivity contribution in [1.82, 2.24) is 5.32 Å². The van der Waals surface area contributed by atoms with Gasteiger partial charge in [-0.1, -0.05) is 46.3 Å². The highest BCUT2D eigenvalue weighted by Gasteiger charge is 2.20. The Hall–Kier alpha value is -2.12. The number of carbonyl (C=O) groups excluding carboxylic acids is 1. The molecule has 0 aliphatic rings. The summed E-state index contributed by atoms with van der Waals surface area (Å²) >= 11 is 3.31.